The molecule has 1 aliphatic rings. The van der Waals surface area contributed by atoms with Gasteiger partial charge in [0.05, 0.1) is 16.3 Å². The highest BCUT2D eigenvalue weighted by Crippen LogP contribution is 2.31. The number of thiophene rings is 1. The number of carbonyl (C=O) groups is 1. The van der Waals surface area contributed by atoms with Crippen molar-refractivity contribution >= 4 is 39.9 Å². The van der Waals surface area contributed by atoms with E-state index >= 15 is 0 Å². The number of rotatable bonds is 2. The van der Waals surface area contributed by atoms with Gasteiger partial charge in [0.1, 0.15) is 4.83 Å². The Morgan fingerprint density at radius 2 is 2.00 bits per heavy atom. The summed E-state index contributed by atoms with van der Waals surface area (Å²) in [7, 11) is 0. The molecule has 3 heterocycles. The Balaban J connectivity index is 0.00000196. The number of aromatic nitrogens is 2. The second kappa shape index (κ2) is 7.39. The van der Waals surface area contributed by atoms with Crippen molar-refractivity contribution in [3.8, 4) is 5.69 Å². The second-order valence-corrected chi connectivity index (χ2v) is 7.67. The Bertz CT molecular complexity index is 920. The summed E-state index contributed by atoms with van der Waals surface area (Å²) < 4.78 is 1.94. The van der Waals surface area contributed by atoms with E-state index in [9.17, 15) is 4.79 Å². The van der Waals surface area contributed by atoms with E-state index in [4.69, 9.17) is 0 Å². The average Bonchev–Trinajstić information content (AvgIpc) is 3.18. The number of carbonyl (C=O) groups excluding carboxylic acids is 1. The lowest BCUT2D eigenvalue weighted by Gasteiger charge is -2.38. The van der Waals surface area contributed by atoms with Gasteiger partial charge in [-0.3, -0.25) is 4.79 Å². The maximum Gasteiger partial charge on any atom is 0.264 e. The Hall–Kier alpha value is -1.89. The molecule has 0 bridgehead atoms. The topological polar surface area (TPSA) is 50.2 Å². The molecule has 1 aliphatic heterocycles. The van der Waals surface area contributed by atoms with Crippen molar-refractivity contribution in [1.82, 2.24) is 20.0 Å². The molecular formula is C19H23ClN4OS. The van der Waals surface area contributed by atoms with Crippen LogP contribution in [0.5, 0.6) is 0 Å². The zero-order chi connectivity index (χ0) is 17.6. The molecule has 0 saturated carbocycles. The quantitative estimate of drug-likeness (QED) is 0.726. The average molecular weight is 391 g/mol. The molecule has 5 nitrogen and oxygen atoms in total. The van der Waals surface area contributed by atoms with Gasteiger partial charge in [0.25, 0.3) is 5.91 Å². The number of fused-ring (bicyclic) bond motifs is 1. The predicted molar refractivity (Wildman–Crippen MR) is 109 cm³/mol. The molecular weight excluding hydrogens is 368 g/mol. The number of para-hydroxylation sites is 1. The molecule has 1 aromatic carbocycles. The molecule has 7 heteroatoms. The van der Waals surface area contributed by atoms with Crippen molar-refractivity contribution in [2.45, 2.75) is 32.9 Å². The zero-order valence-corrected chi connectivity index (χ0v) is 16.7. The van der Waals surface area contributed by atoms with Gasteiger partial charge in [0.15, 0.2) is 0 Å². The molecule has 0 spiro atoms. The van der Waals surface area contributed by atoms with Gasteiger partial charge in [0, 0.05) is 30.6 Å². The van der Waals surface area contributed by atoms with Crippen molar-refractivity contribution in [3.63, 3.8) is 0 Å². The van der Waals surface area contributed by atoms with Crippen molar-refractivity contribution in [2.75, 3.05) is 13.1 Å². The maximum absolute atomic E-state index is 13.1. The number of nitrogens with zero attached hydrogens (tertiary/aromatic N) is 3. The van der Waals surface area contributed by atoms with Crippen LogP contribution in [0.4, 0.5) is 0 Å². The van der Waals surface area contributed by atoms with Crippen molar-refractivity contribution in [2.24, 2.45) is 0 Å². The first-order chi connectivity index (χ1) is 12.1. The van der Waals surface area contributed by atoms with E-state index < -0.39 is 0 Å². The van der Waals surface area contributed by atoms with Gasteiger partial charge in [0.2, 0.25) is 0 Å². The van der Waals surface area contributed by atoms with Crippen LogP contribution in [0.25, 0.3) is 15.9 Å². The lowest BCUT2D eigenvalue weighted by Crippen LogP contribution is -2.57. The van der Waals surface area contributed by atoms with E-state index in [1.807, 2.05) is 52.9 Å². The summed E-state index contributed by atoms with van der Waals surface area (Å²) >= 11 is 1.53. The van der Waals surface area contributed by atoms with Crippen LogP contribution in [-0.2, 0) is 0 Å². The van der Waals surface area contributed by atoms with Crippen LogP contribution in [0.3, 0.4) is 0 Å². The van der Waals surface area contributed by atoms with Gasteiger partial charge in [-0.15, -0.1) is 23.7 Å². The summed E-state index contributed by atoms with van der Waals surface area (Å²) in [6, 6.07) is 12.6. The summed E-state index contributed by atoms with van der Waals surface area (Å²) in [5.74, 6) is 0.126. The normalized spacial score (nSPS) is 20.2. The van der Waals surface area contributed by atoms with Gasteiger partial charge >= 0.3 is 0 Å². The minimum absolute atomic E-state index is 0. The number of amides is 1. The van der Waals surface area contributed by atoms with Crippen LogP contribution in [0.15, 0.2) is 36.4 Å². The lowest BCUT2D eigenvalue weighted by molar-refractivity contribution is 0.0608. The summed E-state index contributed by atoms with van der Waals surface area (Å²) in [5.41, 5.74) is 1.97. The van der Waals surface area contributed by atoms with Crippen LogP contribution in [0, 0.1) is 6.92 Å². The van der Waals surface area contributed by atoms with Crippen LogP contribution in [0.1, 0.15) is 29.2 Å². The van der Waals surface area contributed by atoms with Gasteiger partial charge < -0.3 is 10.2 Å². The molecule has 1 fully saturated rings. The first-order valence-electron chi connectivity index (χ1n) is 8.65. The third-order valence-corrected chi connectivity index (χ3v) is 6.15. The molecule has 1 amide bonds. The molecule has 4 rings (SSSR count). The molecule has 26 heavy (non-hydrogen) atoms. The summed E-state index contributed by atoms with van der Waals surface area (Å²) in [5, 5.41) is 9.14. The molecule has 0 aliphatic carbocycles. The fourth-order valence-corrected chi connectivity index (χ4v) is 4.52. The van der Waals surface area contributed by atoms with Crippen LogP contribution in [-0.4, -0.2) is 45.8 Å². The van der Waals surface area contributed by atoms with Gasteiger partial charge in [-0.05, 0) is 39.0 Å². The lowest BCUT2D eigenvalue weighted by atomic mass is 10.1. The Kier molecular flexibility index (Phi) is 5.37. The number of benzene rings is 1. The highest BCUT2D eigenvalue weighted by molar-refractivity contribution is 7.20. The monoisotopic (exact) mass is 390 g/mol. The molecule has 2 unspecified atom stereocenters. The number of aryl methyl sites for hydroxylation is 1. The molecule has 1 saturated heterocycles. The van der Waals surface area contributed by atoms with E-state index in [0.29, 0.717) is 6.04 Å². The molecule has 138 valence electrons. The standard InChI is InChI=1S/C19H22N4OS.ClH/c1-12-14(3)22(10-9-20-12)18(24)17-11-16-13(2)21-23(19(16)25-17)15-7-5-4-6-8-15;/h4-8,11-12,14,20H,9-10H2,1-3H3;1H. The summed E-state index contributed by atoms with van der Waals surface area (Å²) in [6.07, 6.45) is 0. The first kappa shape index (κ1) is 18.9. The number of halogens is 1. The van der Waals surface area contributed by atoms with E-state index in [0.717, 1.165) is 39.6 Å². The fraction of sp³-hybridized carbons (Fsp3) is 0.368. The van der Waals surface area contributed by atoms with Crippen molar-refractivity contribution in [1.29, 1.82) is 0 Å². The van der Waals surface area contributed by atoms with Gasteiger partial charge in [-0.1, -0.05) is 18.2 Å². The molecule has 2 atom stereocenters. The minimum Gasteiger partial charge on any atom is -0.332 e. The third kappa shape index (κ3) is 3.13. The van der Waals surface area contributed by atoms with Crippen molar-refractivity contribution < 1.29 is 4.79 Å². The van der Waals surface area contributed by atoms with Crippen LogP contribution in [0.2, 0.25) is 0 Å². The zero-order valence-electron chi connectivity index (χ0n) is 15.1. The first-order valence-corrected chi connectivity index (χ1v) is 9.47. The number of nitrogens with one attached hydrogen (secondary N) is 1. The van der Waals surface area contributed by atoms with Gasteiger partial charge in [-0.2, -0.15) is 5.10 Å². The largest absolute Gasteiger partial charge is 0.332 e. The molecule has 2 aromatic heterocycles. The minimum atomic E-state index is 0. The number of piperazine rings is 1. The van der Waals surface area contributed by atoms with E-state index in [-0.39, 0.29) is 24.4 Å². The molecule has 0 radical (unpaired) electrons. The smallest absolute Gasteiger partial charge is 0.264 e. The van der Waals surface area contributed by atoms with E-state index in [2.05, 4.69) is 24.3 Å². The Morgan fingerprint density at radius 1 is 1.27 bits per heavy atom. The van der Waals surface area contributed by atoms with Crippen LogP contribution >= 0.6 is 23.7 Å². The van der Waals surface area contributed by atoms with E-state index in [1.54, 1.807) is 0 Å². The fourth-order valence-electron chi connectivity index (χ4n) is 3.38. The third-order valence-electron chi connectivity index (χ3n) is 5.05. The SMILES string of the molecule is Cc1nn(-c2ccccc2)c2sc(C(=O)N3CCNC(C)C3C)cc12.Cl. The van der Waals surface area contributed by atoms with E-state index in [1.165, 1.54) is 11.3 Å². The predicted octanol–water partition coefficient (Wildman–Crippen LogP) is 3.64. The Labute approximate surface area is 163 Å². The number of hydrogen-bond acceptors (Lipinski definition) is 4. The summed E-state index contributed by atoms with van der Waals surface area (Å²) in [4.78, 5) is 16.9. The molecule has 3 aromatic rings. The summed E-state index contributed by atoms with van der Waals surface area (Å²) in [6.45, 7) is 7.84. The molecule has 1 N–H and O–H groups in total. The highest BCUT2D eigenvalue weighted by atomic mass is 35.5. The maximum atomic E-state index is 13.1. The van der Waals surface area contributed by atoms with Gasteiger partial charge in [-0.25, -0.2) is 4.68 Å². The van der Waals surface area contributed by atoms with Crippen molar-refractivity contribution in [3.05, 3.63) is 47.0 Å². The Morgan fingerprint density at radius 3 is 2.73 bits per heavy atom. The highest BCUT2D eigenvalue weighted by Gasteiger charge is 2.30. The number of hydrogen-bond donors (Lipinski definition) is 1. The van der Waals surface area contributed by atoms with Crippen LogP contribution < -0.4 is 5.32 Å². The second-order valence-electron chi connectivity index (χ2n) is 6.64.